The van der Waals surface area contributed by atoms with Crippen molar-refractivity contribution in [3.63, 3.8) is 0 Å². The van der Waals surface area contributed by atoms with Crippen LogP contribution in [0.1, 0.15) is 100 Å². The third-order valence-corrected chi connectivity index (χ3v) is 11.4. The number of nitrogens with zero attached hydrogens (tertiary/aromatic N) is 4. The molecule has 0 aromatic heterocycles. The number of hydrogen-bond donors (Lipinski definition) is 4. The molecule has 0 heterocycles. The van der Waals surface area contributed by atoms with Gasteiger partial charge in [-0.1, -0.05) is 120 Å². The van der Waals surface area contributed by atoms with E-state index in [9.17, 15) is 19.2 Å². The molecule has 6 rings (SSSR count). The third-order valence-electron chi connectivity index (χ3n) is 11.0. The summed E-state index contributed by atoms with van der Waals surface area (Å²) in [6.07, 6.45) is 7.32. The fraction of sp³-hybridized carbons (Fsp3) is 0.222. The zero-order valence-electron chi connectivity index (χ0n) is 38.7. The molecule has 0 radical (unpaired) electrons. The molecule has 14 heteroatoms. The molecule has 6 aromatic carbocycles. The van der Waals surface area contributed by atoms with E-state index in [0.29, 0.717) is 45.6 Å². The van der Waals surface area contributed by atoms with Crippen LogP contribution in [0.3, 0.4) is 0 Å². The molecule has 0 unspecified atom stereocenters. The molecule has 0 bridgehead atoms. The van der Waals surface area contributed by atoms with Gasteiger partial charge in [-0.2, -0.15) is 10.2 Å². The highest BCUT2D eigenvalue weighted by Gasteiger charge is 2.18. The van der Waals surface area contributed by atoms with E-state index in [0.717, 1.165) is 72.2 Å². The van der Waals surface area contributed by atoms with Gasteiger partial charge < -0.3 is 20.4 Å². The van der Waals surface area contributed by atoms with Gasteiger partial charge in [0.15, 0.2) is 0 Å². The second-order valence-electron chi connectivity index (χ2n) is 16.8. The maximum atomic E-state index is 13.4. The highest BCUT2D eigenvalue weighted by atomic mass is 35.5. The van der Waals surface area contributed by atoms with Crippen molar-refractivity contribution in [3.05, 3.63) is 199 Å². The summed E-state index contributed by atoms with van der Waals surface area (Å²) in [6, 6.07) is 39.8. The Kier molecular flexibility index (Phi) is 18.7. The first-order chi connectivity index (χ1) is 32.8. The first-order valence-corrected chi connectivity index (χ1v) is 23.1. The molecular weight excluding hydrogens is 896 g/mol. The first-order valence-electron chi connectivity index (χ1n) is 22.4. The van der Waals surface area contributed by atoms with Crippen LogP contribution in [-0.2, 0) is 13.1 Å². The lowest BCUT2D eigenvalue weighted by atomic mass is 10.1. The van der Waals surface area contributed by atoms with Crippen molar-refractivity contribution in [3.8, 4) is 0 Å². The minimum Gasteiger partial charge on any atom is -0.321 e. The lowest BCUT2D eigenvalue weighted by molar-refractivity contribution is 0.0947. The first kappa shape index (κ1) is 50.5. The van der Waals surface area contributed by atoms with E-state index in [2.05, 4.69) is 55.6 Å². The van der Waals surface area contributed by atoms with Crippen LogP contribution in [-0.4, -0.2) is 73.0 Å². The smallest absolute Gasteiger partial charge is 0.273 e. The predicted molar refractivity (Wildman–Crippen MR) is 275 cm³/mol. The Morgan fingerprint density at radius 3 is 1.29 bits per heavy atom. The molecule has 4 amide bonds. The van der Waals surface area contributed by atoms with Crippen molar-refractivity contribution >= 4 is 70.6 Å². The molecule has 0 aliphatic rings. The average Bonchev–Trinajstić information content (AvgIpc) is 3.32. The number of benzene rings is 6. The van der Waals surface area contributed by atoms with Crippen LogP contribution < -0.4 is 21.5 Å². The van der Waals surface area contributed by atoms with Crippen molar-refractivity contribution in [2.24, 2.45) is 10.2 Å². The van der Waals surface area contributed by atoms with Gasteiger partial charge in [0.1, 0.15) is 0 Å². The Balaban J connectivity index is 0.905. The largest absolute Gasteiger partial charge is 0.321 e. The summed E-state index contributed by atoms with van der Waals surface area (Å²) in [5.41, 5.74) is 12.9. The summed E-state index contributed by atoms with van der Waals surface area (Å²) in [5, 5.41) is 14.6. The van der Waals surface area contributed by atoms with Crippen LogP contribution in [0.4, 0.5) is 11.4 Å². The van der Waals surface area contributed by atoms with Gasteiger partial charge in [0, 0.05) is 34.3 Å². The third kappa shape index (κ3) is 15.8. The lowest BCUT2D eigenvalue weighted by Gasteiger charge is -2.18. The number of amides is 4. The van der Waals surface area contributed by atoms with Gasteiger partial charge in [0.05, 0.1) is 34.9 Å². The number of hydrazone groups is 2. The van der Waals surface area contributed by atoms with Crippen LogP contribution in [0.25, 0.3) is 0 Å². The van der Waals surface area contributed by atoms with E-state index in [1.807, 2.05) is 98.8 Å². The SMILES string of the molecule is Cc1ccc(C=NNC(=O)c2cc(Cl)ccc2NC(=O)c2cccc(CN(C)CCCCCCN(C)Cc3cccc(C(=O)Nc4ccc(Cl)cc4C(=O)NN=Cc4ccc(C)cc4)c3)c2)cc1. The number of anilines is 2. The Morgan fingerprint density at radius 2 is 0.897 bits per heavy atom. The van der Waals surface area contributed by atoms with Crippen molar-refractivity contribution in [2.45, 2.75) is 52.6 Å². The van der Waals surface area contributed by atoms with Gasteiger partial charge in [-0.3, -0.25) is 19.2 Å². The number of rotatable bonds is 21. The molecule has 0 spiro atoms. The van der Waals surface area contributed by atoms with Crippen molar-refractivity contribution in [1.29, 1.82) is 0 Å². The molecule has 0 atom stereocenters. The van der Waals surface area contributed by atoms with Crippen LogP contribution >= 0.6 is 23.2 Å². The van der Waals surface area contributed by atoms with Gasteiger partial charge in [0.2, 0.25) is 0 Å². The van der Waals surface area contributed by atoms with Gasteiger partial charge in [-0.05, 0) is 137 Å². The normalized spacial score (nSPS) is 11.4. The molecular formula is C54H56Cl2N8O4. The lowest BCUT2D eigenvalue weighted by Crippen LogP contribution is -2.22. The number of carbonyl (C=O) groups excluding carboxylic acids is 4. The molecule has 6 aromatic rings. The summed E-state index contributed by atoms with van der Waals surface area (Å²) in [6.45, 7) is 7.15. The maximum absolute atomic E-state index is 13.4. The van der Waals surface area contributed by atoms with E-state index in [4.69, 9.17) is 23.2 Å². The number of unbranched alkanes of at least 4 members (excludes halogenated alkanes) is 3. The number of carbonyl (C=O) groups is 4. The maximum Gasteiger partial charge on any atom is 0.273 e. The van der Waals surface area contributed by atoms with E-state index in [-0.39, 0.29) is 22.9 Å². The van der Waals surface area contributed by atoms with E-state index < -0.39 is 11.8 Å². The molecule has 0 aliphatic carbocycles. The summed E-state index contributed by atoms with van der Waals surface area (Å²) >= 11 is 12.5. The van der Waals surface area contributed by atoms with Crippen LogP contribution in [0.15, 0.2) is 144 Å². The molecule has 0 saturated heterocycles. The number of aryl methyl sites for hydroxylation is 2. The topological polar surface area (TPSA) is 148 Å². The fourth-order valence-electron chi connectivity index (χ4n) is 7.29. The summed E-state index contributed by atoms with van der Waals surface area (Å²) < 4.78 is 0. The van der Waals surface area contributed by atoms with Crippen LogP contribution in [0.5, 0.6) is 0 Å². The molecule has 4 N–H and O–H groups in total. The number of halogens is 2. The molecule has 68 heavy (non-hydrogen) atoms. The van der Waals surface area contributed by atoms with Gasteiger partial charge >= 0.3 is 0 Å². The number of nitrogens with one attached hydrogen (secondary N) is 4. The number of hydrogen-bond acceptors (Lipinski definition) is 8. The zero-order valence-corrected chi connectivity index (χ0v) is 40.2. The van der Waals surface area contributed by atoms with Crippen molar-refractivity contribution in [1.82, 2.24) is 20.7 Å². The minimum atomic E-state index is -0.504. The Hall–Kier alpha value is -6.96. The monoisotopic (exact) mass is 950 g/mol. The van der Waals surface area contributed by atoms with E-state index >= 15 is 0 Å². The predicted octanol–water partition coefficient (Wildman–Crippen LogP) is 10.8. The summed E-state index contributed by atoms with van der Waals surface area (Å²) in [7, 11) is 4.15. The van der Waals surface area contributed by atoms with Gasteiger partial charge in [0.25, 0.3) is 23.6 Å². The highest BCUT2D eigenvalue weighted by Crippen LogP contribution is 2.24. The molecule has 12 nitrogen and oxygen atoms in total. The Labute approximate surface area is 408 Å². The average molecular weight is 952 g/mol. The molecule has 0 fully saturated rings. The van der Waals surface area contributed by atoms with Crippen LogP contribution in [0, 0.1) is 13.8 Å². The second kappa shape index (κ2) is 25.3. The van der Waals surface area contributed by atoms with Gasteiger partial charge in [-0.15, -0.1) is 0 Å². The zero-order chi connectivity index (χ0) is 48.4. The molecule has 0 aliphatic heterocycles. The fourth-order valence-corrected chi connectivity index (χ4v) is 7.64. The summed E-state index contributed by atoms with van der Waals surface area (Å²) in [4.78, 5) is 57.5. The van der Waals surface area contributed by atoms with Crippen LogP contribution in [0.2, 0.25) is 10.0 Å². The Bertz CT molecular complexity index is 2570. The van der Waals surface area contributed by atoms with E-state index in [1.54, 1.807) is 48.8 Å². The minimum absolute atomic E-state index is 0.193. The quantitative estimate of drug-likeness (QED) is 0.0321. The second-order valence-corrected chi connectivity index (χ2v) is 17.7. The van der Waals surface area contributed by atoms with E-state index in [1.165, 1.54) is 12.1 Å². The van der Waals surface area contributed by atoms with Crippen molar-refractivity contribution < 1.29 is 19.2 Å². The standard InChI is InChI=1S/C54H56Cl2N8O4/c1-37-15-19-39(20-16-37)33-57-61-53(67)47-31-45(55)23-25-49(47)59-51(65)43-13-9-11-41(29-43)35-63(3)27-7-5-6-8-28-64(4)36-42-12-10-14-44(30-42)52(66)60-50-26-24-46(56)32-48(50)54(68)62-58-34-40-21-17-38(2)18-22-40/h9-26,29-34H,5-8,27-28,35-36H2,1-4H3,(H,59,65)(H,60,66)(H,61,67)(H,62,68). The summed E-state index contributed by atoms with van der Waals surface area (Å²) in [5.74, 6) is -1.69. The van der Waals surface area contributed by atoms with Gasteiger partial charge in [-0.25, -0.2) is 10.9 Å². The van der Waals surface area contributed by atoms with Crippen molar-refractivity contribution in [2.75, 3.05) is 37.8 Å². The Morgan fingerprint density at radius 1 is 0.500 bits per heavy atom. The highest BCUT2D eigenvalue weighted by molar-refractivity contribution is 6.31. The molecule has 0 saturated carbocycles. The molecule has 350 valence electrons.